The van der Waals surface area contributed by atoms with Gasteiger partial charge in [-0.2, -0.15) is 4.98 Å². The predicted octanol–water partition coefficient (Wildman–Crippen LogP) is 4.54. The smallest absolute Gasteiger partial charge is 0.256 e. The Hall–Kier alpha value is -2.60. The molecule has 1 amide bonds. The molecule has 0 aliphatic heterocycles. The van der Waals surface area contributed by atoms with Gasteiger partial charge in [-0.15, -0.1) is 11.8 Å². The van der Waals surface area contributed by atoms with E-state index in [9.17, 15) is 4.79 Å². The van der Waals surface area contributed by atoms with E-state index in [1.54, 1.807) is 6.92 Å². The molecule has 0 saturated heterocycles. The van der Waals surface area contributed by atoms with Gasteiger partial charge in [0.2, 0.25) is 5.89 Å². The molecule has 0 unspecified atom stereocenters. The molecule has 0 fully saturated rings. The molecule has 0 saturated carbocycles. The van der Waals surface area contributed by atoms with Crippen molar-refractivity contribution in [2.24, 2.45) is 0 Å². The van der Waals surface area contributed by atoms with E-state index in [1.165, 1.54) is 11.8 Å². The second-order valence-corrected chi connectivity index (χ2v) is 6.81. The van der Waals surface area contributed by atoms with Gasteiger partial charge in [0.05, 0.1) is 11.3 Å². The van der Waals surface area contributed by atoms with Crippen LogP contribution in [-0.2, 0) is 5.75 Å². The first kappa shape index (κ1) is 17.2. The van der Waals surface area contributed by atoms with E-state index >= 15 is 0 Å². The minimum atomic E-state index is -0.126. The van der Waals surface area contributed by atoms with Gasteiger partial charge < -0.3 is 9.84 Å². The summed E-state index contributed by atoms with van der Waals surface area (Å²) < 4.78 is 5.13. The average Bonchev–Trinajstić information content (AvgIpc) is 3.02. The highest BCUT2D eigenvalue weighted by atomic mass is 32.2. The van der Waals surface area contributed by atoms with Crippen LogP contribution in [0.1, 0.15) is 33.2 Å². The van der Waals surface area contributed by atoms with E-state index in [-0.39, 0.29) is 5.91 Å². The topological polar surface area (TPSA) is 68.0 Å². The summed E-state index contributed by atoms with van der Waals surface area (Å²) in [5.74, 6) is 1.55. The number of aryl methyl sites for hydroxylation is 3. The molecule has 0 bridgehead atoms. The molecule has 3 aromatic rings. The first-order valence-electron chi connectivity index (χ1n) is 7.92. The van der Waals surface area contributed by atoms with Crippen molar-refractivity contribution in [3.8, 4) is 0 Å². The van der Waals surface area contributed by atoms with Crippen molar-refractivity contribution < 1.29 is 9.32 Å². The van der Waals surface area contributed by atoms with Crippen LogP contribution in [0.5, 0.6) is 0 Å². The molecule has 1 N–H and O–H groups in total. The number of hydrogen-bond donors (Lipinski definition) is 1. The van der Waals surface area contributed by atoms with Gasteiger partial charge in [-0.25, -0.2) is 0 Å². The first-order valence-corrected chi connectivity index (χ1v) is 8.91. The van der Waals surface area contributed by atoms with Crippen molar-refractivity contribution in [2.75, 3.05) is 5.32 Å². The highest BCUT2D eigenvalue weighted by Gasteiger charge is 2.14. The van der Waals surface area contributed by atoms with E-state index in [0.717, 1.165) is 21.7 Å². The normalized spacial score (nSPS) is 10.7. The van der Waals surface area contributed by atoms with Gasteiger partial charge in [0, 0.05) is 10.6 Å². The highest BCUT2D eigenvalue weighted by molar-refractivity contribution is 7.98. The Labute approximate surface area is 150 Å². The second-order valence-electron chi connectivity index (χ2n) is 5.79. The molecule has 1 aromatic heterocycles. The van der Waals surface area contributed by atoms with Crippen molar-refractivity contribution in [1.82, 2.24) is 10.1 Å². The zero-order valence-corrected chi connectivity index (χ0v) is 15.2. The van der Waals surface area contributed by atoms with Crippen LogP contribution in [0.15, 0.2) is 51.9 Å². The van der Waals surface area contributed by atoms with Crippen LogP contribution in [-0.4, -0.2) is 16.0 Å². The summed E-state index contributed by atoms with van der Waals surface area (Å²) in [6, 6.07) is 13.5. The Bertz CT molecular complexity index is 905. The monoisotopic (exact) mass is 353 g/mol. The Morgan fingerprint density at radius 3 is 2.72 bits per heavy atom. The minimum absolute atomic E-state index is 0.126. The Morgan fingerprint density at radius 2 is 1.96 bits per heavy atom. The van der Waals surface area contributed by atoms with Crippen molar-refractivity contribution >= 4 is 23.4 Å². The quantitative estimate of drug-likeness (QED) is 0.682. The molecule has 1 heterocycles. The number of anilines is 1. The molecule has 0 radical (unpaired) electrons. The van der Waals surface area contributed by atoms with Gasteiger partial charge in [-0.05, 0) is 50.1 Å². The number of rotatable bonds is 5. The van der Waals surface area contributed by atoms with Crippen LogP contribution in [0.4, 0.5) is 5.69 Å². The number of amides is 1. The summed E-state index contributed by atoms with van der Waals surface area (Å²) in [5, 5.41) is 6.79. The van der Waals surface area contributed by atoms with Crippen LogP contribution < -0.4 is 5.32 Å². The van der Waals surface area contributed by atoms with E-state index in [0.29, 0.717) is 23.0 Å². The largest absolute Gasteiger partial charge is 0.338 e. The van der Waals surface area contributed by atoms with Crippen LogP contribution in [0.2, 0.25) is 0 Å². The Morgan fingerprint density at radius 1 is 1.16 bits per heavy atom. The summed E-state index contributed by atoms with van der Waals surface area (Å²) in [4.78, 5) is 17.8. The number of hydrogen-bond acceptors (Lipinski definition) is 5. The molecular weight excluding hydrogens is 334 g/mol. The molecule has 0 atom stereocenters. The summed E-state index contributed by atoms with van der Waals surface area (Å²) in [6.07, 6.45) is 0. The number of aromatic nitrogens is 2. The molecule has 6 heteroatoms. The lowest BCUT2D eigenvalue weighted by Gasteiger charge is -2.12. The average molecular weight is 353 g/mol. The molecule has 3 rings (SSSR count). The number of benzene rings is 2. The third-order valence-electron chi connectivity index (χ3n) is 3.69. The Balaban J connectivity index is 1.77. The van der Waals surface area contributed by atoms with E-state index in [4.69, 9.17) is 4.52 Å². The minimum Gasteiger partial charge on any atom is -0.338 e. The fraction of sp³-hybridized carbons (Fsp3) is 0.211. The van der Waals surface area contributed by atoms with Crippen LogP contribution in [0.3, 0.4) is 0 Å². The van der Waals surface area contributed by atoms with E-state index in [2.05, 4.69) is 15.5 Å². The number of thioether (sulfide) groups is 1. The maximum absolute atomic E-state index is 12.7. The Kier molecular flexibility index (Phi) is 5.19. The zero-order valence-electron chi connectivity index (χ0n) is 14.4. The molecule has 5 nitrogen and oxygen atoms in total. The van der Waals surface area contributed by atoms with Crippen LogP contribution in [0, 0.1) is 20.8 Å². The second kappa shape index (κ2) is 7.53. The zero-order chi connectivity index (χ0) is 17.8. The van der Waals surface area contributed by atoms with Gasteiger partial charge in [-0.1, -0.05) is 29.4 Å². The molecule has 0 aliphatic carbocycles. The van der Waals surface area contributed by atoms with Crippen molar-refractivity contribution in [3.05, 3.63) is 70.9 Å². The maximum atomic E-state index is 12.7. The lowest BCUT2D eigenvalue weighted by Crippen LogP contribution is -2.14. The van der Waals surface area contributed by atoms with Gasteiger partial charge in [0.15, 0.2) is 5.82 Å². The maximum Gasteiger partial charge on any atom is 0.256 e. The fourth-order valence-electron chi connectivity index (χ4n) is 2.38. The third kappa shape index (κ3) is 4.28. The standard InChI is InChI=1S/C19H19N3O2S/c1-12-8-9-13(2)16(10-12)21-19(23)15-6-4-5-7-17(15)25-11-18-20-14(3)22-24-18/h4-10H,11H2,1-3H3,(H,21,23). The number of nitrogens with zero attached hydrogens (tertiary/aromatic N) is 2. The number of carbonyl (C=O) groups excluding carboxylic acids is 1. The molecule has 128 valence electrons. The fourth-order valence-corrected chi connectivity index (χ4v) is 3.27. The van der Waals surface area contributed by atoms with Crippen LogP contribution >= 0.6 is 11.8 Å². The molecule has 2 aromatic carbocycles. The SMILES string of the molecule is Cc1ccc(C)c(NC(=O)c2ccccc2SCc2nc(C)no2)c1. The summed E-state index contributed by atoms with van der Waals surface area (Å²) in [5.41, 5.74) is 3.60. The highest BCUT2D eigenvalue weighted by Crippen LogP contribution is 2.27. The summed E-state index contributed by atoms with van der Waals surface area (Å²) in [6.45, 7) is 5.77. The van der Waals surface area contributed by atoms with Crippen molar-refractivity contribution in [2.45, 2.75) is 31.4 Å². The molecule has 25 heavy (non-hydrogen) atoms. The van der Waals surface area contributed by atoms with Gasteiger partial charge in [-0.3, -0.25) is 4.79 Å². The summed E-state index contributed by atoms with van der Waals surface area (Å²) >= 11 is 1.50. The van der Waals surface area contributed by atoms with Crippen LogP contribution in [0.25, 0.3) is 0 Å². The first-order chi connectivity index (χ1) is 12.0. The number of nitrogens with one attached hydrogen (secondary N) is 1. The molecule has 0 aliphatic rings. The van der Waals surface area contributed by atoms with Gasteiger partial charge >= 0.3 is 0 Å². The van der Waals surface area contributed by atoms with E-state index in [1.807, 2.05) is 56.3 Å². The summed E-state index contributed by atoms with van der Waals surface area (Å²) in [7, 11) is 0. The molecule has 0 spiro atoms. The van der Waals surface area contributed by atoms with Gasteiger partial charge in [0.25, 0.3) is 5.91 Å². The lowest BCUT2D eigenvalue weighted by atomic mass is 10.1. The lowest BCUT2D eigenvalue weighted by molar-refractivity contribution is 0.102. The van der Waals surface area contributed by atoms with Crippen molar-refractivity contribution in [1.29, 1.82) is 0 Å². The predicted molar refractivity (Wildman–Crippen MR) is 98.9 cm³/mol. The number of carbonyl (C=O) groups is 1. The van der Waals surface area contributed by atoms with Gasteiger partial charge in [0.1, 0.15) is 0 Å². The van der Waals surface area contributed by atoms with E-state index < -0.39 is 0 Å². The molecular formula is C19H19N3O2S. The third-order valence-corrected chi connectivity index (χ3v) is 4.75. The van der Waals surface area contributed by atoms with Crippen molar-refractivity contribution in [3.63, 3.8) is 0 Å².